The van der Waals surface area contributed by atoms with Crippen LogP contribution in [-0.2, 0) is 4.84 Å². The van der Waals surface area contributed by atoms with Crippen molar-refractivity contribution in [2.24, 2.45) is 5.16 Å². The second kappa shape index (κ2) is 6.14. The molecule has 0 unspecified atom stereocenters. The molecule has 2 rings (SSSR count). The molecule has 0 aromatic heterocycles. The molecule has 4 heteroatoms. The normalized spacial score (nSPS) is 23.7. The number of hydrogen-bond acceptors (Lipinski definition) is 3. The monoisotopic (exact) mass is 293 g/mol. The maximum absolute atomic E-state index is 5.76. The van der Waals surface area contributed by atoms with Crippen LogP contribution >= 0.6 is 11.8 Å². The zero-order chi connectivity index (χ0) is 13.9. The molecule has 104 valence electrons. The smallest absolute Gasteiger partial charge is 0.126 e. The Bertz CT molecular complexity index is 441. The van der Waals surface area contributed by atoms with Gasteiger partial charge in [0.1, 0.15) is 11.8 Å². The number of rotatable bonds is 4. The summed E-state index contributed by atoms with van der Waals surface area (Å²) in [5, 5.41) is 4.89. The fourth-order valence-electron chi connectivity index (χ4n) is 2.44. The Morgan fingerprint density at radius 1 is 1.26 bits per heavy atom. The van der Waals surface area contributed by atoms with Crippen molar-refractivity contribution < 1.29 is 4.84 Å². The van der Waals surface area contributed by atoms with Crippen molar-refractivity contribution in [2.75, 3.05) is 6.26 Å². The Labute approximate surface area is 121 Å². The number of nitrogens with zero attached hydrogens (tertiary/aromatic N) is 1. The second-order valence-electron chi connectivity index (χ2n) is 6.29. The van der Waals surface area contributed by atoms with E-state index in [0.29, 0.717) is 11.4 Å². The summed E-state index contributed by atoms with van der Waals surface area (Å²) in [4.78, 5) is 5.76. The molecule has 1 aliphatic rings. The minimum Gasteiger partial charge on any atom is -0.392 e. The minimum absolute atomic E-state index is 0.302. The molecule has 0 bridgehead atoms. The van der Waals surface area contributed by atoms with Gasteiger partial charge >= 0.3 is 0 Å². The molecule has 1 aliphatic heterocycles. The molecule has 1 heterocycles. The molecule has 1 aromatic rings. The summed E-state index contributed by atoms with van der Waals surface area (Å²) in [7, 11) is -1.09. The maximum atomic E-state index is 5.76. The maximum Gasteiger partial charge on any atom is 0.126 e. The van der Waals surface area contributed by atoms with Crippen LogP contribution in [0, 0.1) is 0 Å². The van der Waals surface area contributed by atoms with Crippen molar-refractivity contribution in [1.29, 1.82) is 0 Å². The van der Waals surface area contributed by atoms with Crippen LogP contribution in [0.25, 0.3) is 0 Å². The Morgan fingerprint density at radius 3 is 2.53 bits per heavy atom. The SMILES string of the molecule is CS[C@@H]1C[C@H](C[Si](C)(C)C)ON=C1c1ccccc1. The third-order valence-corrected chi connectivity index (χ3v) is 5.94. The highest BCUT2D eigenvalue weighted by molar-refractivity contribution is 8.00. The predicted molar refractivity (Wildman–Crippen MR) is 87.9 cm³/mol. The van der Waals surface area contributed by atoms with Gasteiger partial charge in [0.15, 0.2) is 0 Å². The van der Waals surface area contributed by atoms with Crippen LogP contribution in [0.3, 0.4) is 0 Å². The zero-order valence-electron chi connectivity index (χ0n) is 12.2. The van der Waals surface area contributed by atoms with Gasteiger partial charge in [0, 0.05) is 20.1 Å². The van der Waals surface area contributed by atoms with Crippen molar-refractivity contribution >= 4 is 25.5 Å². The summed E-state index contributed by atoms with van der Waals surface area (Å²) in [6.07, 6.45) is 3.55. The molecule has 1 aromatic carbocycles. The Morgan fingerprint density at radius 2 is 1.95 bits per heavy atom. The first-order valence-electron chi connectivity index (χ1n) is 6.81. The average Bonchev–Trinajstić information content (AvgIpc) is 2.37. The quantitative estimate of drug-likeness (QED) is 0.774. The van der Waals surface area contributed by atoms with Gasteiger partial charge < -0.3 is 4.84 Å². The summed E-state index contributed by atoms with van der Waals surface area (Å²) in [5.41, 5.74) is 2.29. The average molecular weight is 294 g/mol. The highest BCUT2D eigenvalue weighted by Crippen LogP contribution is 2.29. The summed E-state index contributed by atoms with van der Waals surface area (Å²) < 4.78 is 0. The third-order valence-electron chi connectivity index (χ3n) is 3.28. The van der Waals surface area contributed by atoms with Crippen molar-refractivity contribution in [3.05, 3.63) is 35.9 Å². The third kappa shape index (κ3) is 4.11. The molecule has 0 N–H and O–H groups in total. The van der Waals surface area contributed by atoms with Crippen LogP contribution in [0.2, 0.25) is 25.7 Å². The van der Waals surface area contributed by atoms with E-state index in [9.17, 15) is 0 Å². The summed E-state index contributed by atoms with van der Waals surface area (Å²) in [5.74, 6) is 0. The van der Waals surface area contributed by atoms with E-state index in [4.69, 9.17) is 4.84 Å². The van der Waals surface area contributed by atoms with Crippen molar-refractivity contribution in [2.45, 2.75) is 43.5 Å². The van der Waals surface area contributed by atoms with Gasteiger partial charge in [-0.2, -0.15) is 11.8 Å². The lowest BCUT2D eigenvalue weighted by Crippen LogP contribution is -2.35. The molecule has 0 amide bonds. The molecule has 0 saturated carbocycles. The first-order valence-corrected chi connectivity index (χ1v) is 11.8. The molecule has 0 aliphatic carbocycles. The van der Waals surface area contributed by atoms with E-state index in [1.54, 1.807) is 0 Å². The summed E-state index contributed by atoms with van der Waals surface area (Å²) in [6.45, 7) is 7.17. The standard InChI is InChI=1S/C15H23NOSSi/c1-18-14-10-13(11-19(2,3)4)17-16-15(14)12-8-6-5-7-9-12/h5-9,13-14H,10-11H2,1-4H3/t13-,14-/m1/s1. The van der Waals surface area contributed by atoms with E-state index < -0.39 is 8.07 Å². The summed E-state index contributed by atoms with van der Waals surface area (Å²) >= 11 is 1.88. The Balaban J connectivity index is 2.14. The molecule has 0 saturated heterocycles. The largest absolute Gasteiger partial charge is 0.392 e. The van der Waals surface area contributed by atoms with Gasteiger partial charge in [0.05, 0.1) is 5.25 Å². The van der Waals surface area contributed by atoms with Crippen LogP contribution in [0.15, 0.2) is 35.5 Å². The number of thioether (sulfide) groups is 1. The summed E-state index contributed by atoms with van der Waals surface area (Å²) in [6, 6.07) is 11.6. The van der Waals surface area contributed by atoms with Crippen LogP contribution in [0.5, 0.6) is 0 Å². The molecular weight excluding hydrogens is 270 g/mol. The van der Waals surface area contributed by atoms with Gasteiger partial charge in [0.2, 0.25) is 0 Å². The fraction of sp³-hybridized carbons (Fsp3) is 0.533. The highest BCUT2D eigenvalue weighted by atomic mass is 32.2. The van der Waals surface area contributed by atoms with E-state index in [-0.39, 0.29) is 0 Å². The molecular formula is C15H23NOSSi. The van der Waals surface area contributed by atoms with Crippen LogP contribution in [0.4, 0.5) is 0 Å². The predicted octanol–water partition coefficient (Wildman–Crippen LogP) is 4.25. The van der Waals surface area contributed by atoms with Gasteiger partial charge in [-0.3, -0.25) is 0 Å². The van der Waals surface area contributed by atoms with Gasteiger partial charge in [-0.05, 0) is 12.3 Å². The lowest BCUT2D eigenvalue weighted by atomic mass is 10.0. The second-order valence-corrected chi connectivity index (χ2v) is 12.9. The number of hydrogen-bond donors (Lipinski definition) is 0. The van der Waals surface area contributed by atoms with E-state index in [1.807, 2.05) is 17.8 Å². The zero-order valence-corrected chi connectivity index (χ0v) is 14.0. The Hall–Kier alpha value is -0.743. The fourth-order valence-corrected chi connectivity index (χ4v) is 4.86. The topological polar surface area (TPSA) is 21.6 Å². The molecule has 19 heavy (non-hydrogen) atoms. The van der Waals surface area contributed by atoms with E-state index in [2.05, 4.69) is 55.3 Å². The lowest BCUT2D eigenvalue weighted by molar-refractivity contribution is 0.0578. The minimum atomic E-state index is -1.09. The van der Waals surface area contributed by atoms with E-state index in [0.717, 1.165) is 12.1 Å². The van der Waals surface area contributed by atoms with Gasteiger partial charge in [-0.15, -0.1) is 0 Å². The molecule has 2 nitrogen and oxygen atoms in total. The van der Waals surface area contributed by atoms with Gasteiger partial charge in [-0.1, -0.05) is 55.1 Å². The lowest BCUT2D eigenvalue weighted by Gasteiger charge is -2.30. The number of benzene rings is 1. The van der Waals surface area contributed by atoms with E-state index in [1.165, 1.54) is 11.6 Å². The van der Waals surface area contributed by atoms with Gasteiger partial charge in [0.25, 0.3) is 0 Å². The highest BCUT2D eigenvalue weighted by Gasteiger charge is 2.31. The first-order chi connectivity index (χ1) is 8.99. The van der Waals surface area contributed by atoms with Crippen molar-refractivity contribution in [3.63, 3.8) is 0 Å². The molecule has 0 radical (unpaired) electrons. The van der Waals surface area contributed by atoms with Gasteiger partial charge in [-0.25, -0.2) is 0 Å². The van der Waals surface area contributed by atoms with Crippen molar-refractivity contribution in [1.82, 2.24) is 0 Å². The van der Waals surface area contributed by atoms with Crippen LogP contribution in [-0.4, -0.2) is 31.4 Å². The molecule has 2 atom stereocenters. The number of oxime groups is 1. The van der Waals surface area contributed by atoms with E-state index >= 15 is 0 Å². The Kier molecular flexibility index (Phi) is 4.74. The van der Waals surface area contributed by atoms with Crippen molar-refractivity contribution in [3.8, 4) is 0 Å². The molecule has 0 spiro atoms. The molecule has 0 fully saturated rings. The first kappa shape index (κ1) is 14.7. The van der Waals surface area contributed by atoms with Crippen LogP contribution < -0.4 is 0 Å². The van der Waals surface area contributed by atoms with Crippen LogP contribution in [0.1, 0.15) is 12.0 Å².